The lowest BCUT2D eigenvalue weighted by molar-refractivity contribution is 0.883. The van der Waals surface area contributed by atoms with Crippen LogP contribution in [0.15, 0.2) is 36.0 Å². The average Bonchev–Trinajstić information content (AvgIpc) is 2.46. The molecule has 0 saturated heterocycles. The Morgan fingerprint density at radius 3 is 1.67 bits per heavy atom. The van der Waals surface area contributed by atoms with Crippen molar-refractivity contribution in [3.63, 3.8) is 0 Å². The van der Waals surface area contributed by atoms with Crippen LogP contribution in [0, 0.1) is 0 Å². The molecule has 0 aromatic heterocycles. The van der Waals surface area contributed by atoms with Gasteiger partial charge < -0.3 is 0 Å². The summed E-state index contributed by atoms with van der Waals surface area (Å²) in [6.45, 7) is 22.3. The highest BCUT2D eigenvalue weighted by Crippen LogP contribution is 2.14. The van der Waals surface area contributed by atoms with Gasteiger partial charge in [-0.1, -0.05) is 92.2 Å². The van der Waals surface area contributed by atoms with E-state index in [4.69, 9.17) is 0 Å². The van der Waals surface area contributed by atoms with Gasteiger partial charge in [-0.15, -0.1) is 0 Å². The molecule has 0 aromatic rings. The molecule has 0 aliphatic rings. The Kier molecular flexibility index (Phi) is 43.0. The molecule has 0 N–H and O–H groups in total. The van der Waals surface area contributed by atoms with Crippen LogP contribution in [-0.2, 0) is 0 Å². The van der Waals surface area contributed by atoms with Gasteiger partial charge in [0.15, 0.2) is 0 Å². The molecule has 0 bridgehead atoms. The largest absolute Gasteiger partial charge is 0.0991 e. The quantitative estimate of drug-likeness (QED) is 0.450. The molecule has 0 amide bonds. The number of hydrogen-bond donors (Lipinski definition) is 0. The van der Waals surface area contributed by atoms with Crippen molar-refractivity contribution in [3.05, 3.63) is 36.0 Å². The lowest BCUT2D eigenvalue weighted by atomic mass is 10.0. The minimum Gasteiger partial charge on any atom is -0.0991 e. The van der Waals surface area contributed by atoms with E-state index in [1.54, 1.807) is 0 Å². The second-order valence-corrected chi connectivity index (χ2v) is 3.00. The van der Waals surface area contributed by atoms with Crippen molar-refractivity contribution in [3.8, 4) is 0 Å². The lowest BCUT2D eigenvalue weighted by Crippen LogP contribution is -1.83. The van der Waals surface area contributed by atoms with Crippen LogP contribution in [0.25, 0.3) is 0 Å². The van der Waals surface area contributed by atoms with Crippen LogP contribution in [0.2, 0.25) is 0 Å². The molecule has 0 radical (unpaired) electrons. The predicted octanol–water partition coefficient (Wildman–Crippen LogP) is 7.33. The van der Waals surface area contributed by atoms with Gasteiger partial charge in [-0.25, -0.2) is 0 Å². The lowest BCUT2D eigenvalue weighted by Gasteiger charge is -2.04. The van der Waals surface area contributed by atoms with Crippen molar-refractivity contribution in [1.29, 1.82) is 0 Å². The molecule has 0 aromatic carbocycles. The highest BCUT2D eigenvalue weighted by molar-refractivity contribution is 5.26. The zero-order valence-corrected chi connectivity index (χ0v) is 14.6. The molecule has 0 heterocycles. The zero-order valence-electron chi connectivity index (χ0n) is 14.6. The van der Waals surface area contributed by atoms with Gasteiger partial charge >= 0.3 is 0 Å². The molecule has 0 rings (SSSR count). The van der Waals surface area contributed by atoms with Gasteiger partial charge in [0, 0.05) is 0 Å². The minimum atomic E-state index is 1.12. The molecular weight excluding hydrogens is 216 g/mol. The maximum absolute atomic E-state index is 3.66. The first kappa shape index (κ1) is 25.9. The maximum atomic E-state index is 3.66. The number of allylic oxidation sites excluding steroid dienone is 5. The monoisotopic (exact) mass is 254 g/mol. The van der Waals surface area contributed by atoms with Gasteiger partial charge in [-0.05, 0) is 25.3 Å². The molecule has 0 aliphatic carbocycles. The van der Waals surface area contributed by atoms with Crippen LogP contribution in [0.3, 0.4) is 0 Å². The van der Waals surface area contributed by atoms with Crippen LogP contribution in [-0.4, -0.2) is 0 Å². The Balaban J connectivity index is -0.000000141. The fraction of sp³-hybridized carbons (Fsp3) is 0.667. The normalized spacial score (nSPS) is 9.83. The van der Waals surface area contributed by atoms with Gasteiger partial charge in [0.05, 0.1) is 0 Å². The smallest absolute Gasteiger partial charge is 0.0308 e. The Labute approximate surface area is 118 Å². The molecule has 0 spiro atoms. The second-order valence-electron chi connectivity index (χ2n) is 3.00. The van der Waals surface area contributed by atoms with Crippen LogP contribution in [0.4, 0.5) is 0 Å². The van der Waals surface area contributed by atoms with Crippen molar-refractivity contribution >= 4 is 0 Å². The van der Waals surface area contributed by atoms with E-state index in [0.717, 1.165) is 6.42 Å². The van der Waals surface area contributed by atoms with E-state index >= 15 is 0 Å². The summed E-state index contributed by atoms with van der Waals surface area (Å²) >= 11 is 0. The van der Waals surface area contributed by atoms with Gasteiger partial charge in [0.1, 0.15) is 0 Å². The van der Waals surface area contributed by atoms with Crippen LogP contribution in [0.5, 0.6) is 0 Å². The number of hydrogen-bond acceptors (Lipinski definition) is 0. The summed E-state index contributed by atoms with van der Waals surface area (Å²) in [5, 5.41) is 0. The summed E-state index contributed by atoms with van der Waals surface area (Å²) in [5.74, 6) is 0. The summed E-state index contributed by atoms with van der Waals surface area (Å²) in [6, 6.07) is 0. The van der Waals surface area contributed by atoms with Crippen molar-refractivity contribution in [2.75, 3.05) is 0 Å². The first-order valence-corrected chi connectivity index (χ1v) is 7.73. The summed E-state index contributed by atoms with van der Waals surface area (Å²) < 4.78 is 0. The fourth-order valence-corrected chi connectivity index (χ4v) is 1.28. The highest BCUT2D eigenvalue weighted by atomic mass is 14.0. The molecule has 0 heteroatoms. The fourth-order valence-electron chi connectivity index (χ4n) is 1.28. The third-order valence-corrected chi connectivity index (χ3v) is 1.99. The van der Waals surface area contributed by atoms with Gasteiger partial charge in [0.2, 0.25) is 0 Å². The SMILES string of the molecule is C=C/C=C\C(CC)=C(/C)CCC.CC.CC.CC. The standard InChI is InChI=1S/C12H20.3C2H6/c1-5-8-10-12(7-3)11(4)9-6-2;3*1-2/h5,8,10H,1,6-7,9H2,2-4H3;3*1-2H3/b10-8-,12-11+;;;. The van der Waals surface area contributed by atoms with E-state index in [9.17, 15) is 0 Å². The molecule has 0 atom stereocenters. The van der Waals surface area contributed by atoms with Crippen LogP contribution >= 0.6 is 0 Å². The van der Waals surface area contributed by atoms with Crippen molar-refractivity contribution < 1.29 is 0 Å². The summed E-state index contributed by atoms with van der Waals surface area (Å²) in [5.41, 5.74) is 2.97. The predicted molar refractivity (Wildman–Crippen MR) is 91.3 cm³/mol. The minimum absolute atomic E-state index is 1.12. The molecule has 0 fully saturated rings. The van der Waals surface area contributed by atoms with Gasteiger partial charge in [-0.2, -0.15) is 0 Å². The Morgan fingerprint density at radius 1 is 0.944 bits per heavy atom. The molecule has 0 unspecified atom stereocenters. The van der Waals surface area contributed by atoms with E-state index < -0.39 is 0 Å². The van der Waals surface area contributed by atoms with E-state index in [1.165, 1.54) is 24.0 Å². The summed E-state index contributed by atoms with van der Waals surface area (Å²) in [6.07, 6.45) is 9.57. The average molecular weight is 255 g/mol. The van der Waals surface area contributed by atoms with E-state index in [-0.39, 0.29) is 0 Å². The molecular formula is C18H38. The Morgan fingerprint density at radius 2 is 1.39 bits per heavy atom. The molecule has 0 saturated carbocycles. The molecule has 110 valence electrons. The van der Waals surface area contributed by atoms with Gasteiger partial charge in [-0.3, -0.25) is 0 Å². The Bertz CT molecular complexity index is 182. The third-order valence-electron chi connectivity index (χ3n) is 1.99. The molecule has 18 heavy (non-hydrogen) atoms. The number of rotatable bonds is 5. The van der Waals surface area contributed by atoms with E-state index in [2.05, 4.69) is 33.4 Å². The van der Waals surface area contributed by atoms with Gasteiger partial charge in [0.25, 0.3) is 0 Å². The topological polar surface area (TPSA) is 0 Å². The summed E-state index contributed by atoms with van der Waals surface area (Å²) in [4.78, 5) is 0. The summed E-state index contributed by atoms with van der Waals surface area (Å²) in [7, 11) is 0. The Hall–Kier alpha value is -0.780. The zero-order chi connectivity index (χ0) is 15.4. The van der Waals surface area contributed by atoms with Crippen molar-refractivity contribution in [2.45, 2.75) is 81.6 Å². The molecule has 0 aliphatic heterocycles. The second kappa shape index (κ2) is 29.8. The van der Waals surface area contributed by atoms with E-state index in [1.807, 2.05) is 53.7 Å². The third kappa shape index (κ3) is 20.6. The van der Waals surface area contributed by atoms with Crippen LogP contribution < -0.4 is 0 Å². The van der Waals surface area contributed by atoms with E-state index in [0.29, 0.717) is 0 Å². The highest BCUT2D eigenvalue weighted by Gasteiger charge is 1.94. The maximum Gasteiger partial charge on any atom is -0.0308 e. The van der Waals surface area contributed by atoms with Crippen molar-refractivity contribution in [1.82, 2.24) is 0 Å². The first-order chi connectivity index (χ1) is 8.76. The van der Waals surface area contributed by atoms with Crippen LogP contribution in [0.1, 0.15) is 81.6 Å². The first-order valence-electron chi connectivity index (χ1n) is 7.73. The molecule has 0 nitrogen and oxygen atoms in total. The van der Waals surface area contributed by atoms with Crippen molar-refractivity contribution in [2.24, 2.45) is 0 Å².